The molecule has 2 unspecified atom stereocenters. The number of morpholine rings is 1. The van der Waals surface area contributed by atoms with Crippen molar-refractivity contribution in [2.45, 2.75) is 57.5 Å². The number of carbonyl (C=O) groups excluding carboxylic acids is 3. The third-order valence-corrected chi connectivity index (χ3v) is 11.1. The van der Waals surface area contributed by atoms with Crippen molar-refractivity contribution in [2.24, 2.45) is 5.41 Å². The Labute approximate surface area is 288 Å². The Balaban J connectivity index is 1.33. The molecule has 260 valence electrons. The molecule has 5 rings (SSSR count). The zero-order valence-corrected chi connectivity index (χ0v) is 29.2. The van der Waals surface area contributed by atoms with Gasteiger partial charge in [-0.25, -0.2) is 4.39 Å². The fourth-order valence-corrected chi connectivity index (χ4v) is 7.77. The summed E-state index contributed by atoms with van der Waals surface area (Å²) >= 11 is 13.1. The molecule has 3 amide bonds. The van der Waals surface area contributed by atoms with Gasteiger partial charge in [-0.05, 0) is 54.0 Å². The van der Waals surface area contributed by atoms with E-state index in [1.807, 2.05) is 0 Å². The number of rotatable bonds is 7. The van der Waals surface area contributed by atoms with Crippen LogP contribution in [0.1, 0.15) is 60.5 Å². The number of ether oxygens (including phenoxy) is 1. The maximum atomic E-state index is 14.3. The van der Waals surface area contributed by atoms with Gasteiger partial charge in [0.25, 0.3) is 5.91 Å². The number of nitrogens with one attached hydrogen (secondary N) is 1. The van der Waals surface area contributed by atoms with E-state index < -0.39 is 60.1 Å². The Morgan fingerprint density at radius 2 is 1.79 bits per heavy atom. The molecule has 2 saturated heterocycles. The first kappa shape index (κ1) is 36.6. The van der Waals surface area contributed by atoms with Gasteiger partial charge in [0, 0.05) is 33.9 Å². The van der Waals surface area contributed by atoms with Crippen molar-refractivity contribution in [2.75, 3.05) is 26.2 Å². The highest BCUT2D eigenvalue weighted by Gasteiger charge is 2.50. The van der Waals surface area contributed by atoms with Crippen molar-refractivity contribution < 1.29 is 46.6 Å². The van der Waals surface area contributed by atoms with Crippen molar-refractivity contribution in [3.63, 3.8) is 0 Å². The molecule has 10 nitrogen and oxygen atoms in total. The molecule has 3 N–H and O–H groups in total. The molecule has 1 aromatic heterocycles. The van der Waals surface area contributed by atoms with E-state index >= 15 is 0 Å². The second-order valence-corrected chi connectivity index (χ2v) is 16.4. The number of hydrogen-bond donors (Lipinski definition) is 3. The van der Waals surface area contributed by atoms with Gasteiger partial charge in [-0.3, -0.25) is 18.9 Å². The molecular weight excluding hydrogens is 717 g/mol. The molecule has 3 aromatic rings. The topological polar surface area (TPSA) is 136 Å². The quantitative estimate of drug-likeness (QED) is 0.190. The van der Waals surface area contributed by atoms with Crippen LogP contribution < -0.4 is 5.32 Å². The third kappa shape index (κ3) is 7.26. The van der Waals surface area contributed by atoms with Crippen molar-refractivity contribution >= 4 is 69.9 Å². The number of alkyl halides is 2. The first-order valence-corrected chi connectivity index (χ1v) is 18.1. The Morgan fingerprint density at radius 1 is 1.08 bits per heavy atom. The molecule has 48 heavy (non-hydrogen) atoms. The van der Waals surface area contributed by atoms with Crippen LogP contribution in [0.5, 0.6) is 0 Å². The summed E-state index contributed by atoms with van der Waals surface area (Å²) in [5.41, 5.74) is -5.77. The Hall–Kier alpha value is -2.71. The summed E-state index contributed by atoms with van der Waals surface area (Å²) in [5, 5.41) is 2.99. The molecule has 2 aliphatic rings. The minimum atomic E-state index is -5.79. The first-order valence-electron chi connectivity index (χ1n) is 14.9. The van der Waals surface area contributed by atoms with Crippen LogP contribution in [0.2, 0.25) is 10.0 Å². The van der Waals surface area contributed by atoms with Crippen LogP contribution in [0.25, 0.3) is 10.1 Å². The number of thiophene rings is 1. The first-order chi connectivity index (χ1) is 22.3. The van der Waals surface area contributed by atoms with E-state index in [9.17, 15) is 32.1 Å². The number of likely N-dealkylation sites (tertiary alicyclic amines) is 1. The highest BCUT2D eigenvalue weighted by molar-refractivity contribution is 7.52. The number of amides is 3. The number of nitrogens with zero attached hydrogens (tertiary/aromatic N) is 2. The smallest absolute Gasteiger partial charge is 0.370 e. The van der Waals surface area contributed by atoms with Crippen molar-refractivity contribution in [1.29, 1.82) is 0 Å². The Morgan fingerprint density at radius 3 is 2.46 bits per heavy atom. The number of carbonyl (C=O) groups is 3. The maximum Gasteiger partial charge on any atom is 0.399 e. The summed E-state index contributed by atoms with van der Waals surface area (Å²) in [7, 11) is -5.79. The predicted molar refractivity (Wildman–Crippen MR) is 175 cm³/mol. The number of hydrogen-bond acceptors (Lipinski definition) is 6. The molecule has 2 aliphatic heterocycles. The lowest BCUT2D eigenvalue weighted by atomic mass is 9.85. The second-order valence-electron chi connectivity index (χ2n) is 12.8. The zero-order valence-electron chi connectivity index (χ0n) is 26.0. The van der Waals surface area contributed by atoms with Gasteiger partial charge in [-0.2, -0.15) is 8.78 Å². The minimum absolute atomic E-state index is 0.0747. The summed E-state index contributed by atoms with van der Waals surface area (Å²) in [6.07, 6.45) is 0.230. The molecule has 3 atom stereocenters. The average molecular weight is 751 g/mol. The summed E-state index contributed by atoms with van der Waals surface area (Å²) < 4.78 is 60.4. The maximum absolute atomic E-state index is 14.3. The van der Waals surface area contributed by atoms with Gasteiger partial charge in [-0.15, -0.1) is 11.3 Å². The summed E-state index contributed by atoms with van der Waals surface area (Å²) in [6, 6.07) is 4.94. The Bertz CT molecular complexity index is 1820. The number of fused-ring (bicyclic) bond motifs is 1. The van der Waals surface area contributed by atoms with Crippen LogP contribution in [0.15, 0.2) is 36.4 Å². The molecule has 2 aromatic carbocycles. The van der Waals surface area contributed by atoms with Gasteiger partial charge < -0.3 is 29.6 Å². The van der Waals surface area contributed by atoms with Crippen molar-refractivity contribution in [1.82, 2.24) is 15.1 Å². The van der Waals surface area contributed by atoms with E-state index in [2.05, 4.69) is 5.32 Å². The minimum Gasteiger partial charge on any atom is -0.370 e. The number of benzene rings is 2. The van der Waals surface area contributed by atoms with Gasteiger partial charge >= 0.3 is 13.3 Å². The zero-order chi connectivity index (χ0) is 35.3. The molecule has 3 heterocycles. The van der Waals surface area contributed by atoms with E-state index in [4.69, 9.17) is 37.7 Å². The van der Waals surface area contributed by atoms with Crippen LogP contribution in [0.3, 0.4) is 0 Å². The molecule has 0 radical (unpaired) electrons. The van der Waals surface area contributed by atoms with Crippen LogP contribution in [0, 0.1) is 11.2 Å². The Kier molecular flexibility index (Phi) is 10.3. The predicted octanol–water partition coefficient (Wildman–Crippen LogP) is 6.31. The van der Waals surface area contributed by atoms with Crippen LogP contribution in [-0.2, 0) is 24.6 Å². The summed E-state index contributed by atoms with van der Waals surface area (Å²) in [5.74, 6) is -2.11. The number of halogens is 5. The third-order valence-electron chi connectivity index (χ3n) is 8.43. The lowest BCUT2D eigenvalue weighted by Crippen LogP contribution is -2.58. The molecule has 0 saturated carbocycles. The lowest BCUT2D eigenvalue weighted by molar-refractivity contribution is -0.150. The van der Waals surface area contributed by atoms with Gasteiger partial charge in [-0.1, -0.05) is 50.0 Å². The second kappa shape index (κ2) is 13.5. The molecule has 17 heteroatoms. The molecule has 2 fully saturated rings. The van der Waals surface area contributed by atoms with Gasteiger partial charge in [0.2, 0.25) is 11.8 Å². The highest BCUT2D eigenvalue weighted by atomic mass is 35.5. The standard InChI is InChI=1S/C31H33Cl2F3N3O7PS/c1-30(2,3)26(37-27(40)25-12-16-11-17(6-7-24(16)48-25)31(35,36)47(43,44)45)29(42)39-8-4-5-22(39)28(41)38-9-10-46-23(15-38)18-13-21(34)20(33)14-19(18)32/h6-7,11-14,22-23,26H,4-5,8-10,15H2,1-3H3,(H,37,40)(H2,43,44,45)/t22-,23?,26?/m0/s1. The van der Waals surface area contributed by atoms with E-state index in [0.29, 0.717) is 23.1 Å². The van der Waals surface area contributed by atoms with E-state index in [1.165, 1.54) is 29.2 Å². The highest BCUT2D eigenvalue weighted by Crippen LogP contribution is 2.59. The van der Waals surface area contributed by atoms with E-state index in [1.54, 1.807) is 25.7 Å². The SMILES string of the molecule is CC(C)(C)C(NC(=O)c1cc2cc(C(F)(F)P(=O)(O)O)ccc2s1)C(=O)N1CCC[C@H]1C(=O)N1CCOC(c2cc(F)c(Cl)cc2Cl)C1. The van der Waals surface area contributed by atoms with Gasteiger partial charge in [0.05, 0.1) is 23.1 Å². The fraction of sp³-hybridized carbons (Fsp3) is 0.452. The normalized spacial score (nSPS) is 19.9. The summed E-state index contributed by atoms with van der Waals surface area (Å²) in [4.78, 5) is 62.7. The lowest BCUT2D eigenvalue weighted by Gasteiger charge is -2.38. The van der Waals surface area contributed by atoms with Crippen LogP contribution in [0.4, 0.5) is 13.2 Å². The summed E-state index contributed by atoms with van der Waals surface area (Å²) in [6.45, 7) is 6.02. The van der Waals surface area contributed by atoms with Crippen molar-refractivity contribution in [3.8, 4) is 0 Å². The van der Waals surface area contributed by atoms with Gasteiger partial charge in [0.15, 0.2) is 0 Å². The van der Waals surface area contributed by atoms with Crippen LogP contribution >= 0.6 is 42.1 Å². The molecule has 0 aliphatic carbocycles. The molecule has 0 spiro atoms. The molecular formula is C31H33Cl2F3N3O7PS. The van der Waals surface area contributed by atoms with Crippen LogP contribution in [-0.4, -0.2) is 75.6 Å². The molecule has 0 bridgehead atoms. The van der Waals surface area contributed by atoms with E-state index in [0.717, 1.165) is 23.5 Å². The van der Waals surface area contributed by atoms with Gasteiger partial charge in [0.1, 0.15) is 24.0 Å². The van der Waals surface area contributed by atoms with Crippen molar-refractivity contribution in [3.05, 3.63) is 68.3 Å². The monoisotopic (exact) mass is 749 g/mol. The largest absolute Gasteiger partial charge is 0.399 e. The van der Waals surface area contributed by atoms with E-state index in [-0.39, 0.29) is 52.5 Å². The fourth-order valence-electron chi connectivity index (χ4n) is 5.85. The average Bonchev–Trinajstić information content (AvgIpc) is 3.67.